The summed E-state index contributed by atoms with van der Waals surface area (Å²) in [6, 6.07) is 0.237. The molecule has 0 saturated carbocycles. The molecule has 0 radical (unpaired) electrons. The number of carbonyl (C=O) groups is 1. The van der Waals surface area contributed by atoms with Crippen molar-refractivity contribution in [3.05, 3.63) is 0 Å². The van der Waals surface area contributed by atoms with E-state index in [1.165, 1.54) is 0 Å². The fraction of sp³-hybridized carbons (Fsp3) is 0.889. The van der Waals surface area contributed by atoms with Crippen molar-refractivity contribution in [2.75, 3.05) is 6.61 Å². The molecule has 0 aromatic carbocycles. The van der Waals surface area contributed by atoms with Crippen LogP contribution in [0.15, 0.2) is 0 Å². The van der Waals surface area contributed by atoms with Crippen molar-refractivity contribution in [2.45, 2.75) is 44.9 Å². The van der Waals surface area contributed by atoms with Gasteiger partial charge >= 0.3 is 0 Å². The number of primary amides is 1. The lowest BCUT2D eigenvalue weighted by molar-refractivity contribution is -0.124. The summed E-state index contributed by atoms with van der Waals surface area (Å²) in [5.41, 5.74) is 4.72. The summed E-state index contributed by atoms with van der Waals surface area (Å²) in [4.78, 5) is 11.3. The van der Waals surface area contributed by atoms with Gasteiger partial charge in [0.05, 0.1) is 12.7 Å². The van der Waals surface area contributed by atoms with Gasteiger partial charge in [0.15, 0.2) is 0 Å². The highest BCUT2D eigenvalue weighted by Crippen LogP contribution is 2.24. The van der Waals surface area contributed by atoms with E-state index in [1.54, 1.807) is 0 Å². The molecule has 13 heavy (non-hydrogen) atoms. The number of rotatable bonds is 3. The van der Waals surface area contributed by atoms with E-state index in [2.05, 4.69) is 5.32 Å². The lowest BCUT2D eigenvalue weighted by Gasteiger charge is -2.27. The van der Waals surface area contributed by atoms with Crippen LogP contribution in [-0.4, -0.2) is 30.2 Å². The highest BCUT2D eigenvalue weighted by molar-refractivity contribution is 5.85. The van der Waals surface area contributed by atoms with Crippen molar-refractivity contribution < 1.29 is 9.53 Å². The molecule has 3 N–H and O–H groups in total. The van der Waals surface area contributed by atoms with Gasteiger partial charge in [-0.1, -0.05) is 0 Å². The first-order valence-electron chi connectivity index (χ1n) is 4.65. The van der Waals surface area contributed by atoms with Crippen molar-refractivity contribution >= 4 is 5.91 Å². The Bertz CT molecular complexity index is 206. The molecule has 0 bridgehead atoms. The molecule has 76 valence electrons. The first-order valence-corrected chi connectivity index (χ1v) is 4.65. The summed E-state index contributed by atoms with van der Waals surface area (Å²) in [7, 11) is 0. The van der Waals surface area contributed by atoms with Crippen LogP contribution in [0, 0.1) is 0 Å². The first-order chi connectivity index (χ1) is 5.96. The van der Waals surface area contributed by atoms with Gasteiger partial charge in [0, 0.05) is 12.5 Å². The van der Waals surface area contributed by atoms with Crippen molar-refractivity contribution in [3.8, 4) is 0 Å². The molecular weight excluding hydrogens is 168 g/mol. The lowest BCUT2D eigenvalue weighted by atomic mass is 9.94. The smallest absolute Gasteiger partial charge is 0.240 e. The maximum absolute atomic E-state index is 11.3. The van der Waals surface area contributed by atoms with Crippen LogP contribution in [0.1, 0.15) is 27.2 Å². The fourth-order valence-electron chi connectivity index (χ4n) is 1.79. The van der Waals surface area contributed by atoms with Crippen LogP contribution >= 0.6 is 0 Å². The highest BCUT2D eigenvalue weighted by Gasteiger charge is 2.43. The second kappa shape index (κ2) is 3.64. The van der Waals surface area contributed by atoms with Crippen molar-refractivity contribution in [1.82, 2.24) is 5.32 Å². The van der Waals surface area contributed by atoms with Gasteiger partial charge in [-0.05, 0) is 20.8 Å². The first kappa shape index (κ1) is 10.5. The maximum Gasteiger partial charge on any atom is 0.240 e. The van der Waals surface area contributed by atoms with Crippen LogP contribution in [0.3, 0.4) is 0 Å². The minimum absolute atomic E-state index is 0.110. The SMILES string of the molecule is CC(C)NC1(C(N)=O)COC(C)C1. The number of amides is 1. The van der Waals surface area contributed by atoms with E-state index in [1.807, 2.05) is 20.8 Å². The molecule has 1 aliphatic heterocycles. The molecular formula is C9H18N2O2. The lowest BCUT2D eigenvalue weighted by Crippen LogP contribution is -2.58. The topological polar surface area (TPSA) is 64.3 Å². The highest BCUT2D eigenvalue weighted by atomic mass is 16.5. The summed E-state index contributed by atoms with van der Waals surface area (Å²) < 4.78 is 5.37. The zero-order valence-electron chi connectivity index (χ0n) is 8.46. The molecule has 1 aliphatic rings. The monoisotopic (exact) mass is 186 g/mol. The van der Waals surface area contributed by atoms with Gasteiger partial charge < -0.3 is 10.5 Å². The average Bonchev–Trinajstić information content (AvgIpc) is 2.31. The van der Waals surface area contributed by atoms with Gasteiger partial charge in [0.2, 0.25) is 5.91 Å². The Hall–Kier alpha value is -0.610. The normalized spacial score (nSPS) is 34.0. The molecule has 2 unspecified atom stereocenters. The van der Waals surface area contributed by atoms with E-state index in [0.717, 1.165) is 0 Å². The van der Waals surface area contributed by atoms with Gasteiger partial charge in [-0.3, -0.25) is 10.1 Å². The molecule has 1 rings (SSSR count). The summed E-state index contributed by atoms with van der Waals surface area (Å²) >= 11 is 0. The van der Waals surface area contributed by atoms with Crippen LogP contribution in [0.25, 0.3) is 0 Å². The van der Waals surface area contributed by atoms with E-state index in [9.17, 15) is 4.79 Å². The Morgan fingerprint density at radius 3 is 2.62 bits per heavy atom. The van der Waals surface area contributed by atoms with E-state index in [-0.39, 0.29) is 18.1 Å². The van der Waals surface area contributed by atoms with Crippen LogP contribution in [-0.2, 0) is 9.53 Å². The van der Waals surface area contributed by atoms with Gasteiger partial charge in [-0.15, -0.1) is 0 Å². The van der Waals surface area contributed by atoms with E-state index >= 15 is 0 Å². The summed E-state index contributed by atoms with van der Waals surface area (Å²) in [5.74, 6) is -0.314. The van der Waals surface area contributed by atoms with Gasteiger partial charge in [-0.2, -0.15) is 0 Å². The van der Waals surface area contributed by atoms with Crippen LogP contribution in [0.4, 0.5) is 0 Å². The Morgan fingerprint density at radius 1 is 1.69 bits per heavy atom. The third kappa shape index (κ3) is 2.19. The van der Waals surface area contributed by atoms with E-state index in [0.29, 0.717) is 13.0 Å². The number of nitrogens with two attached hydrogens (primary N) is 1. The second-order valence-electron chi connectivity index (χ2n) is 4.07. The van der Waals surface area contributed by atoms with Crippen LogP contribution in [0.2, 0.25) is 0 Å². The standard InChI is InChI=1S/C9H18N2O2/c1-6(2)11-9(8(10)12)4-7(3)13-5-9/h6-7,11H,4-5H2,1-3H3,(H2,10,12). The molecule has 2 atom stereocenters. The molecule has 0 spiro atoms. The second-order valence-corrected chi connectivity index (χ2v) is 4.07. The average molecular weight is 186 g/mol. The fourth-order valence-corrected chi connectivity index (χ4v) is 1.79. The number of nitrogens with one attached hydrogen (secondary N) is 1. The van der Waals surface area contributed by atoms with Crippen molar-refractivity contribution in [2.24, 2.45) is 5.73 Å². The van der Waals surface area contributed by atoms with Crippen molar-refractivity contribution in [1.29, 1.82) is 0 Å². The Morgan fingerprint density at radius 2 is 2.31 bits per heavy atom. The summed E-state index contributed by atoms with van der Waals surface area (Å²) in [5, 5.41) is 3.19. The molecule has 1 saturated heterocycles. The molecule has 1 heterocycles. The summed E-state index contributed by atoms with van der Waals surface area (Å²) in [6.45, 7) is 6.33. The quantitative estimate of drug-likeness (QED) is 0.653. The molecule has 4 heteroatoms. The largest absolute Gasteiger partial charge is 0.376 e. The van der Waals surface area contributed by atoms with E-state index in [4.69, 9.17) is 10.5 Å². The molecule has 0 aromatic rings. The van der Waals surface area contributed by atoms with Gasteiger partial charge in [0.25, 0.3) is 0 Å². The minimum atomic E-state index is -0.645. The third-order valence-corrected chi connectivity index (χ3v) is 2.29. The number of ether oxygens (including phenoxy) is 1. The van der Waals surface area contributed by atoms with Gasteiger partial charge in [-0.25, -0.2) is 0 Å². The summed E-state index contributed by atoms with van der Waals surface area (Å²) in [6.07, 6.45) is 0.777. The predicted molar refractivity (Wildman–Crippen MR) is 50.2 cm³/mol. The minimum Gasteiger partial charge on any atom is -0.376 e. The zero-order valence-corrected chi connectivity index (χ0v) is 8.46. The Labute approximate surface area is 78.8 Å². The Kier molecular flexibility index (Phi) is 2.93. The molecule has 0 aromatic heterocycles. The third-order valence-electron chi connectivity index (χ3n) is 2.29. The molecule has 4 nitrogen and oxygen atoms in total. The number of carbonyl (C=O) groups excluding carboxylic acids is 1. The molecule has 0 aliphatic carbocycles. The zero-order chi connectivity index (χ0) is 10.1. The maximum atomic E-state index is 11.3. The molecule has 1 fully saturated rings. The van der Waals surface area contributed by atoms with Gasteiger partial charge in [0.1, 0.15) is 5.54 Å². The van der Waals surface area contributed by atoms with E-state index < -0.39 is 5.54 Å². The Balaban J connectivity index is 2.71. The number of hydrogen-bond donors (Lipinski definition) is 2. The van der Waals surface area contributed by atoms with Crippen LogP contribution in [0.5, 0.6) is 0 Å². The predicted octanol–water partition coefficient (Wildman–Crippen LogP) is 0.0173. The number of hydrogen-bond acceptors (Lipinski definition) is 3. The van der Waals surface area contributed by atoms with Crippen molar-refractivity contribution in [3.63, 3.8) is 0 Å². The molecule has 1 amide bonds. The van der Waals surface area contributed by atoms with Crippen LogP contribution < -0.4 is 11.1 Å².